The summed E-state index contributed by atoms with van der Waals surface area (Å²) in [5.41, 5.74) is 1.31. The molecule has 0 bridgehead atoms. The Labute approximate surface area is 123 Å². The molecule has 19 heavy (non-hydrogen) atoms. The van der Waals surface area contributed by atoms with Crippen LogP contribution in [0.4, 0.5) is 0 Å². The Morgan fingerprint density at radius 2 is 1.79 bits per heavy atom. The predicted octanol–water partition coefficient (Wildman–Crippen LogP) is 3.80. The van der Waals surface area contributed by atoms with Crippen molar-refractivity contribution in [2.75, 3.05) is 20.1 Å². The lowest BCUT2D eigenvalue weighted by Crippen LogP contribution is -2.40. The summed E-state index contributed by atoms with van der Waals surface area (Å²) in [7, 11) is 2.19. The van der Waals surface area contributed by atoms with E-state index in [1.165, 1.54) is 5.56 Å². The lowest BCUT2D eigenvalue weighted by Gasteiger charge is -2.28. The Morgan fingerprint density at radius 1 is 1.16 bits per heavy atom. The molecule has 3 heteroatoms. The first-order chi connectivity index (χ1) is 9.02. The summed E-state index contributed by atoms with van der Waals surface area (Å²) in [6, 6.07) is 8.71. The van der Waals surface area contributed by atoms with Gasteiger partial charge >= 0.3 is 0 Å². The lowest BCUT2D eigenvalue weighted by molar-refractivity contribution is 0.220. The Hall–Kier alpha value is -0.570. The summed E-state index contributed by atoms with van der Waals surface area (Å²) in [5.74, 6) is 0.707. The second-order valence-electron chi connectivity index (χ2n) is 5.66. The summed E-state index contributed by atoms with van der Waals surface area (Å²) < 4.78 is 0. The number of likely N-dealkylation sites (N-methyl/N-ethyl adjacent to an activating group) is 1. The van der Waals surface area contributed by atoms with Gasteiger partial charge in [0.15, 0.2) is 0 Å². The molecule has 0 aromatic heterocycles. The van der Waals surface area contributed by atoms with E-state index in [4.69, 9.17) is 11.6 Å². The zero-order valence-corrected chi connectivity index (χ0v) is 13.4. The Balaban J connectivity index is 2.44. The highest BCUT2D eigenvalue weighted by atomic mass is 35.5. The molecule has 0 aliphatic carbocycles. The number of nitrogens with one attached hydrogen (secondary N) is 1. The molecular weight excluding hydrogens is 256 g/mol. The molecule has 0 radical (unpaired) electrons. The fraction of sp³-hybridized carbons (Fsp3) is 0.625. The molecule has 2 nitrogen and oxygen atoms in total. The molecule has 0 fully saturated rings. The fourth-order valence-corrected chi connectivity index (χ4v) is 2.28. The highest BCUT2D eigenvalue weighted by Gasteiger charge is 2.12. The summed E-state index contributed by atoms with van der Waals surface area (Å²) in [4.78, 5) is 2.41. The van der Waals surface area contributed by atoms with Crippen LogP contribution in [0.15, 0.2) is 24.3 Å². The minimum absolute atomic E-state index is 0.578. The smallest absolute Gasteiger partial charge is 0.0406 e. The lowest BCUT2D eigenvalue weighted by atomic mass is 10.1. The van der Waals surface area contributed by atoms with Crippen LogP contribution < -0.4 is 5.32 Å². The van der Waals surface area contributed by atoms with Crippen molar-refractivity contribution >= 4 is 11.6 Å². The summed E-state index contributed by atoms with van der Waals surface area (Å²) in [5, 5.41) is 4.35. The maximum atomic E-state index is 5.91. The molecule has 1 N–H and O–H groups in total. The van der Waals surface area contributed by atoms with E-state index in [1.54, 1.807) is 0 Å². The predicted molar refractivity (Wildman–Crippen MR) is 84.7 cm³/mol. The van der Waals surface area contributed by atoms with Gasteiger partial charge in [0, 0.05) is 24.2 Å². The maximum Gasteiger partial charge on any atom is 0.0406 e. The van der Waals surface area contributed by atoms with Gasteiger partial charge in [-0.25, -0.2) is 0 Å². The third-order valence-corrected chi connectivity index (χ3v) is 3.62. The van der Waals surface area contributed by atoms with E-state index in [0.717, 1.165) is 31.1 Å². The van der Waals surface area contributed by atoms with Crippen molar-refractivity contribution in [3.63, 3.8) is 0 Å². The zero-order valence-electron chi connectivity index (χ0n) is 12.6. The third kappa shape index (κ3) is 6.42. The van der Waals surface area contributed by atoms with Crippen LogP contribution in [-0.4, -0.2) is 31.1 Å². The van der Waals surface area contributed by atoms with Crippen LogP contribution in [0.5, 0.6) is 0 Å². The van der Waals surface area contributed by atoms with Crippen LogP contribution in [0, 0.1) is 5.92 Å². The van der Waals surface area contributed by atoms with Gasteiger partial charge in [-0.15, -0.1) is 0 Å². The van der Waals surface area contributed by atoms with E-state index in [-0.39, 0.29) is 0 Å². The van der Waals surface area contributed by atoms with Crippen molar-refractivity contribution in [1.82, 2.24) is 10.2 Å². The van der Waals surface area contributed by atoms with Gasteiger partial charge in [-0.3, -0.25) is 4.90 Å². The van der Waals surface area contributed by atoms with E-state index < -0.39 is 0 Å². The molecule has 0 aliphatic rings. The zero-order chi connectivity index (χ0) is 14.3. The van der Waals surface area contributed by atoms with Gasteiger partial charge in [-0.1, -0.05) is 44.5 Å². The molecule has 1 rings (SSSR count). The second kappa shape index (κ2) is 8.57. The standard InChI is InChI=1S/C16H27ClN2/c1-5-16(11-18-10-13(2)3)19(4)12-14-6-8-15(17)9-7-14/h6-9,13,16,18H,5,10-12H2,1-4H3. The largest absolute Gasteiger partial charge is 0.315 e. The van der Waals surface area contributed by atoms with Crippen molar-refractivity contribution in [2.24, 2.45) is 5.92 Å². The molecule has 0 saturated carbocycles. The van der Waals surface area contributed by atoms with E-state index in [1.807, 2.05) is 12.1 Å². The number of rotatable bonds is 8. The number of hydrogen-bond donors (Lipinski definition) is 1. The molecule has 1 unspecified atom stereocenters. The van der Waals surface area contributed by atoms with Crippen LogP contribution in [0.3, 0.4) is 0 Å². The van der Waals surface area contributed by atoms with Crippen molar-refractivity contribution in [3.8, 4) is 0 Å². The normalized spacial score (nSPS) is 13.2. The van der Waals surface area contributed by atoms with Crippen molar-refractivity contribution < 1.29 is 0 Å². The topological polar surface area (TPSA) is 15.3 Å². The Bertz CT molecular complexity index is 348. The first-order valence-electron chi connectivity index (χ1n) is 7.18. The minimum atomic E-state index is 0.578. The van der Waals surface area contributed by atoms with Gasteiger partial charge < -0.3 is 5.32 Å². The molecule has 0 heterocycles. The van der Waals surface area contributed by atoms with Crippen molar-refractivity contribution in [3.05, 3.63) is 34.9 Å². The molecule has 1 aromatic rings. The molecule has 0 spiro atoms. The number of hydrogen-bond acceptors (Lipinski definition) is 2. The second-order valence-corrected chi connectivity index (χ2v) is 6.09. The summed E-state index contributed by atoms with van der Waals surface area (Å²) >= 11 is 5.91. The molecule has 0 saturated heterocycles. The molecular formula is C16H27ClN2. The van der Waals surface area contributed by atoms with Gasteiger partial charge in [0.25, 0.3) is 0 Å². The Morgan fingerprint density at radius 3 is 2.32 bits per heavy atom. The first kappa shape index (κ1) is 16.5. The number of halogens is 1. The van der Waals surface area contributed by atoms with Gasteiger partial charge in [0.2, 0.25) is 0 Å². The third-order valence-electron chi connectivity index (χ3n) is 3.37. The quantitative estimate of drug-likeness (QED) is 0.780. The fourth-order valence-electron chi connectivity index (χ4n) is 2.16. The van der Waals surface area contributed by atoms with Gasteiger partial charge in [0.05, 0.1) is 0 Å². The molecule has 1 aromatic carbocycles. The average Bonchev–Trinajstić information content (AvgIpc) is 2.37. The highest BCUT2D eigenvalue weighted by Crippen LogP contribution is 2.12. The van der Waals surface area contributed by atoms with Crippen LogP contribution in [0.2, 0.25) is 5.02 Å². The van der Waals surface area contributed by atoms with Gasteiger partial charge in [-0.2, -0.15) is 0 Å². The molecule has 1 atom stereocenters. The van der Waals surface area contributed by atoms with E-state index in [9.17, 15) is 0 Å². The van der Waals surface area contributed by atoms with E-state index >= 15 is 0 Å². The van der Waals surface area contributed by atoms with Crippen LogP contribution in [0.25, 0.3) is 0 Å². The van der Waals surface area contributed by atoms with Crippen molar-refractivity contribution in [1.29, 1.82) is 0 Å². The molecule has 0 amide bonds. The van der Waals surface area contributed by atoms with Gasteiger partial charge in [0.1, 0.15) is 0 Å². The number of nitrogens with zero attached hydrogens (tertiary/aromatic N) is 1. The number of benzene rings is 1. The van der Waals surface area contributed by atoms with Crippen LogP contribution >= 0.6 is 11.6 Å². The van der Waals surface area contributed by atoms with Crippen LogP contribution in [0.1, 0.15) is 32.8 Å². The van der Waals surface area contributed by atoms with Crippen LogP contribution in [-0.2, 0) is 6.54 Å². The van der Waals surface area contributed by atoms with E-state index in [0.29, 0.717) is 12.0 Å². The SMILES string of the molecule is CCC(CNCC(C)C)N(C)Cc1ccc(Cl)cc1. The molecule has 0 aliphatic heterocycles. The monoisotopic (exact) mass is 282 g/mol. The van der Waals surface area contributed by atoms with Crippen molar-refractivity contribution in [2.45, 2.75) is 39.8 Å². The average molecular weight is 283 g/mol. The summed E-state index contributed by atoms with van der Waals surface area (Å²) in [6.45, 7) is 9.85. The van der Waals surface area contributed by atoms with E-state index in [2.05, 4.69) is 50.2 Å². The Kier molecular flexibility index (Phi) is 7.44. The highest BCUT2D eigenvalue weighted by molar-refractivity contribution is 6.30. The maximum absolute atomic E-state index is 5.91. The van der Waals surface area contributed by atoms with Gasteiger partial charge in [-0.05, 0) is 43.6 Å². The summed E-state index contributed by atoms with van der Waals surface area (Å²) in [6.07, 6.45) is 1.16. The first-order valence-corrected chi connectivity index (χ1v) is 7.56. The molecule has 108 valence electrons. The minimum Gasteiger partial charge on any atom is -0.315 e.